The molecule has 2 aromatic carbocycles. The van der Waals surface area contributed by atoms with Gasteiger partial charge in [-0.15, -0.1) is 0 Å². The number of halogens is 1. The second-order valence-electron chi connectivity index (χ2n) is 4.20. The first-order chi connectivity index (χ1) is 9.54. The lowest BCUT2D eigenvalue weighted by molar-refractivity contribution is 0.0598. The SMILES string of the molecule is COC(=O)c1cccc(N)c1Oc1cccc(C)c1F. The largest absolute Gasteiger partial charge is 0.465 e. The number of benzene rings is 2. The van der Waals surface area contributed by atoms with E-state index >= 15 is 0 Å². The van der Waals surface area contributed by atoms with Gasteiger partial charge in [-0.25, -0.2) is 9.18 Å². The molecular weight excluding hydrogens is 261 g/mol. The Morgan fingerprint density at radius 1 is 1.20 bits per heavy atom. The van der Waals surface area contributed by atoms with Gasteiger partial charge in [-0.05, 0) is 30.7 Å². The van der Waals surface area contributed by atoms with Gasteiger partial charge in [-0.2, -0.15) is 0 Å². The third kappa shape index (κ3) is 2.56. The Kier molecular flexibility index (Phi) is 3.89. The molecule has 0 aromatic heterocycles. The Bertz CT molecular complexity index is 656. The molecule has 0 spiro atoms. The van der Waals surface area contributed by atoms with E-state index in [1.165, 1.54) is 19.2 Å². The van der Waals surface area contributed by atoms with Gasteiger partial charge in [0.25, 0.3) is 0 Å². The van der Waals surface area contributed by atoms with Gasteiger partial charge in [0.2, 0.25) is 0 Å². The Hall–Kier alpha value is -2.56. The van der Waals surface area contributed by atoms with Crippen LogP contribution in [-0.2, 0) is 4.74 Å². The smallest absolute Gasteiger partial charge is 0.341 e. The molecule has 0 unspecified atom stereocenters. The van der Waals surface area contributed by atoms with Crippen molar-refractivity contribution in [2.75, 3.05) is 12.8 Å². The Balaban J connectivity index is 2.48. The lowest BCUT2D eigenvalue weighted by Gasteiger charge is -2.13. The van der Waals surface area contributed by atoms with Crippen LogP contribution in [0.1, 0.15) is 15.9 Å². The van der Waals surface area contributed by atoms with E-state index in [1.54, 1.807) is 31.2 Å². The number of esters is 1. The molecule has 2 N–H and O–H groups in total. The predicted octanol–water partition coefficient (Wildman–Crippen LogP) is 3.30. The van der Waals surface area contributed by atoms with Crippen molar-refractivity contribution < 1.29 is 18.7 Å². The van der Waals surface area contributed by atoms with E-state index < -0.39 is 11.8 Å². The first-order valence-corrected chi connectivity index (χ1v) is 5.94. The molecule has 0 fully saturated rings. The monoisotopic (exact) mass is 275 g/mol. The summed E-state index contributed by atoms with van der Waals surface area (Å²) in [6.45, 7) is 1.62. The second kappa shape index (κ2) is 5.61. The van der Waals surface area contributed by atoms with Crippen molar-refractivity contribution in [3.63, 3.8) is 0 Å². The lowest BCUT2D eigenvalue weighted by atomic mass is 10.1. The molecule has 0 saturated carbocycles. The van der Waals surface area contributed by atoms with Crippen molar-refractivity contribution in [3.05, 3.63) is 53.3 Å². The van der Waals surface area contributed by atoms with Crippen molar-refractivity contribution in [2.45, 2.75) is 6.92 Å². The molecule has 4 nitrogen and oxygen atoms in total. The van der Waals surface area contributed by atoms with Gasteiger partial charge in [-0.1, -0.05) is 18.2 Å². The van der Waals surface area contributed by atoms with Crippen LogP contribution in [0.3, 0.4) is 0 Å². The van der Waals surface area contributed by atoms with Crippen LogP contribution in [0, 0.1) is 12.7 Å². The van der Waals surface area contributed by atoms with Crippen LogP contribution in [0.4, 0.5) is 10.1 Å². The molecule has 0 radical (unpaired) electrons. The minimum absolute atomic E-state index is 0.00746. The number of aryl methyl sites for hydroxylation is 1. The third-order valence-electron chi connectivity index (χ3n) is 2.82. The molecule has 5 heteroatoms. The normalized spacial score (nSPS) is 10.2. The molecule has 104 valence electrons. The first-order valence-electron chi connectivity index (χ1n) is 5.94. The summed E-state index contributed by atoms with van der Waals surface area (Å²) in [4.78, 5) is 11.7. The number of hydrogen-bond acceptors (Lipinski definition) is 4. The quantitative estimate of drug-likeness (QED) is 0.689. The molecule has 0 saturated heterocycles. The van der Waals surface area contributed by atoms with Gasteiger partial charge in [0.15, 0.2) is 17.3 Å². The third-order valence-corrected chi connectivity index (χ3v) is 2.82. The van der Waals surface area contributed by atoms with Crippen molar-refractivity contribution in [3.8, 4) is 11.5 Å². The number of hydrogen-bond donors (Lipinski definition) is 1. The molecule has 20 heavy (non-hydrogen) atoms. The highest BCUT2D eigenvalue weighted by Gasteiger charge is 2.18. The van der Waals surface area contributed by atoms with Crippen molar-refractivity contribution >= 4 is 11.7 Å². The number of carbonyl (C=O) groups is 1. The molecular formula is C15H14FNO3. The van der Waals surface area contributed by atoms with E-state index in [9.17, 15) is 9.18 Å². The summed E-state index contributed by atoms with van der Waals surface area (Å²) in [5, 5.41) is 0. The summed E-state index contributed by atoms with van der Waals surface area (Å²) in [5.74, 6) is -0.996. The Morgan fingerprint density at radius 2 is 1.90 bits per heavy atom. The van der Waals surface area contributed by atoms with E-state index in [0.717, 1.165) is 0 Å². The van der Waals surface area contributed by atoms with E-state index in [4.69, 9.17) is 10.5 Å². The number of carbonyl (C=O) groups excluding carboxylic acids is 1. The summed E-state index contributed by atoms with van der Waals surface area (Å²) < 4.78 is 24.1. The number of methoxy groups -OCH3 is 1. The van der Waals surface area contributed by atoms with Gasteiger partial charge < -0.3 is 15.2 Å². The number of ether oxygens (including phenoxy) is 2. The van der Waals surface area contributed by atoms with Gasteiger partial charge in [0.05, 0.1) is 12.8 Å². The lowest BCUT2D eigenvalue weighted by Crippen LogP contribution is -2.06. The molecule has 0 aliphatic rings. The topological polar surface area (TPSA) is 61.5 Å². The maximum atomic E-state index is 14.0. The summed E-state index contributed by atoms with van der Waals surface area (Å²) in [6.07, 6.45) is 0. The van der Waals surface area contributed by atoms with Crippen molar-refractivity contribution in [1.82, 2.24) is 0 Å². The van der Waals surface area contributed by atoms with Gasteiger partial charge >= 0.3 is 5.97 Å². The zero-order chi connectivity index (χ0) is 14.7. The fourth-order valence-corrected chi connectivity index (χ4v) is 1.75. The van der Waals surface area contributed by atoms with Crippen molar-refractivity contribution in [2.24, 2.45) is 0 Å². The first kappa shape index (κ1) is 13.9. The van der Waals surface area contributed by atoms with E-state index in [1.807, 2.05) is 0 Å². The Morgan fingerprint density at radius 3 is 2.60 bits per heavy atom. The van der Waals surface area contributed by atoms with Gasteiger partial charge in [-0.3, -0.25) is 0 Å². The van der Waals surface area contributed by atoms with E-state index in [2.05, 4.69) is 4.74 Å². The van der Waals surface area contributed by atoms with Crippen molar-refractivity contribution in [1.29, 1.82) is 0 Å². The number of anilines is 1. The maximum absolute atomic E-state index is 14.0. The van der Waals surface area contributed by atoms with Gasteiger partial charge in [0, 0.05) is 0 Å². The summed E-state index contributed by atoms with van der Waals surface area (Å²) in [7, 11) is 1.25. The van der Waals surface area contributed by atoms with Crippen LogP contribution >= 0.6 is 0 Å². The highest BCUT2D eigenvalue weighted by atomic mass is 19.1. The summed E-state index contributed by atoms with van der Waals surface area (Å²) in [5.41, 5.74) is 6.61. The van der Waals surface area contributed by atoms with Crippen LogP contribution in [0.15, 0.2) is 36.4 Å². The number of nitrogen functional groups attached to an aromatic ring is 1. The molecule has 0 atom stereocenters. The van der Waals surface area contributed by atoms with Crippen LogP contribution in [-0.4, -0.2) is 13.1 Å². The number of rotatable bonds is 3. The molecule has 2 rings (SSSR count). The molecule has 0 aliphatic heterocycles. The van der Waals surface area contributed by atoms with Crippen LogP contribution in [0.5, 0.6) is 11.5 Å². The number of nitrogens with two attached hydrogens (primary N) is 1. The second-order valence-corrected chi connectivity index (χ2v) is 4.20. The van der Waals surface area contributed by atoms with E-state index in [0.29, 0.717) is 5.56 Å². The summed E-state index contributed by atoms with van der Waals surface area (Å²) in [6, 6.07) is 9.42. The highest BCUT2D eigenvalue weighted by molar-refractivity contribution is 5.94. The highest BCUT2D eigenvalue weighted by Crippen LogP contribution is 2.33. The molecule has 0 heterocycles. The fourth-order valence-electron chi connectivity index (χ4n) is 1.75. The summed E-state index contributed by atoms with van der Waals surface area (Å²) >= 11 is 0. The molecule has 0 amide bonds. The minimum Gasteiger partial charge on any atom is -0.465 e. The molecule has 2 aromatic rings. The van der Waals surface area contributed by atoms with E-state index in [-0.39, 0.29) is 22.7 Å². The zero-order valence-electron chi connectivity index (χ0n) is 11.1. The molecule has 0 aliphatic carbocycles. The molecule has 0 bridgehead atoms. The fraction of sp³-hybridized carbons (Fsp3) is 0.133. The van der Waals surface area contributed by atoms with Crippen LogP contribution in [0.25, 0.3) is 0 Å². The minimum atomic E-state index is -0.597. The van der Waals surface area contributed by atoms with Crippen LogP contribution < -0.4 is 10.5 Å². The van der Waals surface area contributed by atoms with Gasteiger partial charge in [0.1, 0.15) is 5.56 Å². The average molecular weight is 275 g/mol. The standard InChI is InChI=1S/C15H14FNO3/c1-9-5-3-8-12(13(9)16)20-14-10(15(18)19-2)6-4-7-11(14)17/h3-8H,17H2,1-2H3. The predicted molar refractivity (Wildman–Crippen MR) is 73.4 cm³/mol. The zero-order valence-corrected chi connectivity index (χ0v) is 11.1. The average Bonchev–Trinajstić information content (AvgIpc) is 2.45. The Labute approximate surface area is 115 Å². The van der Waals surface area contributed by atoms with Crippen LogP contribution in [0.2, 0.25) is 0 Å². The number of para-hydroxylation sites is 1. The maximum Gasteiger partial charge on any atom is 0.341 e.